The molecule has 0 aromatic carbocycles. The average Bonchev–Trinajstić information content (AvgIpc) is 2.97. The highest BCUT2D eigenvalue weighted by Gasteiger charge is 2.25. The summed E-state index contributed by atoms with van der Waals surface area (Å²) in [6.07, 6.45) is 4.68. The molecule has 2 heterocycles. The summed E-state index contributed by atoms with van der Waals surface area (Å²) >= 11 is 3.63. The van der Waals surface area contributed by atoms with Crippen molar-refractivity contribution >= 4 is 44.8 Å². The lowest BCUT2D eigenvalue weighted by Gasteiger charge is -2.17. The molecule has 114 valence electrons. The molecular formula is C15H15IN4OS. The van der Waals surface area contributed by atoms with Gasteiger partial charge in [0, 0.05) is 11.9 Å². The van der Waals surface area contributed by atoms with E-state index in [4.69, 9.17) is 0 Å². The van der Waals surface area contributed by atoms with Gasteiger partial charge < -0.3 is 5.32 Å². The van der Waals surface area contributed by atoms with Crippen LogP contribution in [0.2, 0.25) is 0 Å². The molecule has 5 nitrogen and oxygen atoms in total. The molecule has 0 saturated heterocycles. The summed E-state index contributed by atoms with van der Waals surface area (Å²) in [4.78, 5) is 13.7. The Balaban J connectivity index is 1.93. The van der Waals surface area contributed by atoms with Crippen LogP contribution in [0.3, 0.4) is 0 Å². The molecule has 1 aliphatic rings. The minimum atomic E-state index is -0.215. The van der Waals surface area contributed by atoms with Crippen LogP contribution in [0.4, 0.5) is 5.00 Å². The summed E-state index contributed by atoms with van der Waals surface area (Å²) in [5.74, 6) is 0.423. The van der Waals surface area contributed by atoms with Gasteiger partial charge in [-0.05, 0) is 53.3 Å². The molecule has 2 aromatic rings. The topological polar surface area (TPSA) is 70.7 Å². The van der Waals surface area contributed by atoms with Gasteiger partial charge in [-0.2, -0.15) is 10.4 Å². The quantitative estimate of drug-likeness (QED) is 0.749. The average molecular weight is 426 g/mol. The van der Waals surface area contributed by atoms with E-state index in [-0.39, 0.29) is 5.91 Å². The number of nitrogens with zero attached hydrogens (tertiary/aromatic N) is 3. The summed E-state index contributed by atoms with van der Waals surface area (Å²) in [5, 5.41) is 17.1. The molecule has 0 bridgehead atoms. The molecule has 0 fully saturated rings. The van der Waals surface area contributed by atoms with Crippen LogP contribution in [0, 0.1) is 20.8 Å². The van der Waals surface area contributed by atoms with Crippen molar-refractivity contribution in [3.8, 4) is 6.07 Å². The van der Waals surface area contributed by atoms with E-state index in [0.717, 1.165) is 28.4 Å². The lowest BCUT2D eigenvalue weighted by atomic mass is 9.89. The van der Waals surface area contributed by atoms with Crippen LogP contribution in [0.1, 0.15) is 39.8 Å². The minimum absolute atomic E-state index is 0.215. The summed E-state index contributed by atoms with van der Waals surface area (Å²) in [6.45, 7) is 2.23. The number of nitriles is 1. The zero-order valence-corrected chi connectivity index (χ0v) is 15.3. The number of amides is 1. The fraction of sp³-hybridized carbons (Fsp3) is 0.400. The highest BCUT2D eigenvalue weighted by Crippen LogP contribution is 2.39. The molecule has 0 aliphatic heterocycles. The molecule has 7 heteroatoms. The summed E-state index contributed by atoms with van der Waals surface area (Å²) in [7, 11) is 1.74. The van der Waals surface area contributed by atoms with Crippen LogP contribution in [0.25, 0.3) is 0 Å². The third kappa shape index (κ3) is 2.65. The summed E-state index contributed by atoms with van der Waals surface area (Å²) < 4.78 is 2.35. The molecule has 1 amide bonds. The second-order valence-corrected chi connectivity index (χ2v) is 7.85. The van der Waals surface area contributed by atoms with Crippen LogP contribution in [0.5, 0.6) is 0 Å². The van der Waals surface area contributed by atoms with Gasteiger partial charge in [0.05, 0.1) is 15.3 Å². The molecule has 2 aromatic heterocycles. The van der Waals surface area contributed by atoms with E-state index >= 15 is 0 Å². The number of carbonyl (C=O) groups is 1. The largest absolute Gasteiger partial charge is 0.311 e. The maximum absolute atomic E-state index is 12.5. The molecule has 0 spiro atoms. The molecular weight excluding hydrogens is 411 g/mol. The molecule has 1 N–H and O–H groups in total. The molecule has 0 saturated carbocycles. The highest BCUT2D eigenvalue weighted by atomic mass is 127. The van der Waals surface area contributed by atoms with Crippen molar-refractivity contribution in [2.75, 3.05) is 5.32 Å². The van der Waals surface area contributed by atoms with Gasteiger partial charge in [0.15, 0.2) is 0 Å². The molecule has 0 unspecified atom stereocenters. The third-order valence-electron chi connectivity index (χ3n) is 3.96. The van der Waals surface area contributed by atoms with Crippen LogP contribution in [0.15, 0.2) is 6.20 Å². The number of carbonyl (C=O) groups excluding carboxylic acids is 1. The van der Waals surface area contributed by atoms with E-state index in [0.29, 0.717) is 22.2 Å². The first kappa shape index (κ1) is 15.5. The number of nitrogens with one attached hydrogen (secondary N) is 1. The van der Waals surface area contributed by atoms with Gasteiger partial charge in [-0.3, -0.25) is 9.48 Å². The number of rotatable bonds is 2. The van der Waals surface area contributed by atoms with Crippen molar-refractivity contribution in [2.24, 2.45) is 13.0 Å². The van der Waals surface area contributed by atoms with Gasteiger partial charge in [0.2, 0.25) is 0 Å². The zero-order valence-electron chi connectivity index (χ0n) is 12.3. The zero-order chi connectivity index (χ0) is 15.9. The maximum atomic E-state index is 12.5. The Morgan fingerprint density at radius 1 is 1.64 bits per heavy atom. The Hall–Kier alpha value is -1.40. The lowest BCUT2D eigenvalue weighted by molar-refractivity contribution is 0.101. The van der Waals surface area contributed by atoms with E-state index in [9.17, 15) is 10.1 Å². The second-order valence-electron chi connectivity index (χ2n) is 5.59. The van der Waals surface area contributed by atoms with Crippen LogP contribution in [-0.2, 0) is 19.9 Å². The Morgan fingerprint density at radius 2 is 2.41 bits per heavy atom. The van der Waals surface area contributed by atoms with Crippen molar-refractivity contribution in [2.45, 2.75) is 26.2 Å². The second kappa shape index (κ2) is 6.01. The van der Waals surface area contributed by atoms with E-state index in [1.807, 2.05) is 0 Å². The first-order valence-corrected chi connectivity index (χ1v) is 8.94. The van der Waals surface area contributed by atoms with E-state index in [1.165, 1.54) is 4.88 Å². The van der Waals surface area contributed by atoms with Crippen LogP contribution < -0.4 is 5.32 Å². The smallest absolute Gasteiger partial charge is 0.275 e. The van der Waals surface area contributed by atoms with Gasteiger partial charge in [-0.1, -0.05) is 6.92 Å². The Bertz CT molecular complexity index is 767. The van der Waals surface area contributed by atoms with E-state index in [2.05, 4.69) is 46.0 Å². The summed E-state index contributed by atoms with van der Waals surface area (Å²) in [5.41, 5.74) is 2.28. The SMILES string of the molecule is C[C@@H]1CCc2c(sc(NC(=O)c3c(I)cnn3C)c2C#N)C1. The lowest BCUT2D eigenvalue weighted by Crippen LogP contribution is -2.17. The first-order chi connectivity index (χ1) is 10.5. The molecule has 0 radical (unpaired) electrons. The fourth-order valence-corrected chi connectivity index (χ4v) is 4.86. The predicted molar refractivity (Wildman–Crippen MR) is 94.1 cm³/mol. The van der Waals surface area contributed by atoms with Gasteiger partial charge in [-0.25, -0.2) is 0 Å². The Kier molecular flexibility index (Phi) is 4.23. The Labute approximate surface area is 146 Å². The van der Waals surface area contributed by atoms with E-state index in [1.54, 1.807) is 29.3 Å². The van der Waals surface area contributed by atoms with Crippen molar-refractivity contribution in [1.82, 2.24) is 9.78 Å². The molecule has 3 rings (SSSR count). The monoisotopic (exact) mass is 426 g/mol. The van der Waals surface area contributed by atoms with E-state index < -0.39 is 0 Å². The normalized spacial score (nSPS) is 16.9. The number of hydrogen-bond donors (Lipinski definition) is 1. The number of hydrogen-bond acceptors (Lipinski definition) is 4. The highest BCUT2D eigenvalue weighted by molar-refractivity contribution is 14.1. The first-order valence-electron chi connectivity index (χ1n) is 7.04. The number of anilines is 1. The van der Waals surface area contributed by atoms with Gasteiger partial charge in [0.1, 0.15) is 16.8 Å². The predicted octanol–water partition coefficient (Wildman–Crippen LogP) is 3.33. The van der Waals surface area contributed by atoms with Crippen LogP contribution in [-0.4, -0.2) is 15.7 Å². The third-order valence-corrected chi connectivity index (χ3v) is 5.92. The molecule has 1 aliphatic carbocycles. The van der Waals surface area contributed by atoms with Crippen LogP contribution >= 0.6 is 33.9 Å². The summed E-state index contributed by atoms with van der Waals surface area (Å²) in [6, 6.07) is 2.27. The maximum Gasteiger partial charge on any atom is 0.275 e. The van der Waals surface area contributed by atoms with Crippen molar-refractivity contribution in [3.63, 3.8) is 0 Å². The van der Waals surface area contributed by atoms with Gasteiger partial charge in [-0.15, -0.1) is 11.3 Å². The number of thiophene rings is 1. The van der Waals surface area contributed by atoms with Crippen molar-refractivity contribution < 1.29 is 4.79 Å². The Morgan fingerprint density at radius 3 is 3.05 bits per heavy atom. The molecule has 22 heavy (non-hydrogen) atoms. The van der Waals surface area contributed by atoms with Gasteiger partial charge >= 0.3 is 0 Å². The minimum Gasteiger partial charge on any atom is -0.311 e. The standard InChI is InChI=1S/C15H15IN4OS/c1-8-3-4-9-10(6-17)15(22-12(9)5-8)19-14(21)13-11(16)7-18-20(13)2/h7-8H,3-5H2,1-2H3,(H,19,21)/t8-/m1/s1. The number of aromatic nitrogens is 2. The van der Waals surface area contributed by atoms with Crippen molar-refractivity contribution in [1.29, 1.82) is 5.26 Å². The fourth-order valence-electron chi connectivity index (χ4n) is 2.79. The van der Waals surface area contributed by atoms with Crippen molar-refractivity contribution in [3.05, 3.63) is 31.5 Å². The number of aryl methyl sites for hydroxylation is 1. The number of fused-ring (bicyclic) bond motifs is 1. The number of halogens is 1. The molecule has 1 atom stereocenters. The van der Waals surface area contributed by atoms with Gasteiger partial charge in [0.25, 0.3) is 5.91 Å².